The van der Waals surface area contributed by atoms with Crippen molar-refractivity contribution in [3.8, 4) is 0 Å². The number of nitrogens with one attached hydrogen (secondary N) is 2. The Labute approximate surface area is 157 Å². The minimum absolute atomic E-state index is 0.0112. The van der Waals surface area contributed by atoms with Gasteiger partial charge in [-0.3, -0.25) is 19.4 Å². The van der Waals surface area contributed by atoms with Gasteiger partial charge in [-0.25, -0.2) is 4.79 Å². The van der Waals surface area contributed by atoms with E-state index in [1.165, 1.54) is 0 Å². The van der Waals surface area contributed by atoms with Crippen molar-refractivity contribution < 1.29 is 9.59 Å². The fraction of sp³-hybridized carbons (Fsp3) is 0.667. The SMILES string of the molecule is CN(C)CCN1C[C@@]2(CCCN(C(=O)c3cc(=O)[nH]c(=O)[nH]3)C2)CCC1=O. The molecule has 1 spiro atoms. The molecular formula is C18H27N5O4. The molecule has 2 fully saturated rings. The molecule has 2 N–H and O–H groups in total. The monoisotopic (exact) mass is 377 g/mol. The lowest BCUT2D eigenvalue weighted by Crippen LogP contribution is -2.56. The lowest BCUT2D eigenvalue weighted by atomic mass is 9.73. The number of carbonyl (C=O) groups excluding carboxylic acids is 2. The second-order valence-corrected chi connectivity index (χ2v) is 7.95. The molecule has 1 aromatic rings. The van der Waals surface area contributed by atoms with Crippen molar-refractivity contribution >= 4 is 11.8 Å². The highest BCUT2D eigenvalue weighted by molar-refractivity contribution is 5.92. The summed E-state index contributed by atoms with van der Waals surface area (Å²) in [6.45, 7) is 3.25. The second-order valence-electron chi connectivity index (χ2n) is 7.95. The summed E-state index contributed by atoms with van der Waals surface area (Å²) in [5.74, 6) is -0.168. The number of likely N-dealkylation sites (N-methyl/N-ethyl adjacent to an activating group) is 1. The molecule has 1 aromatic heterocycles. The Morgan fingerprint density at radius 2 is 1.96 bits per heavy atom. The van der Waals surface area contributed by atoms with Crippen molar-refractivity contribution in [3.05, 3.63) is 32.6 Å². The van der Waals surface area contributed by atoms with Crippen molar-refractivity contribution in [1.82, 2.24) is 24.7 Å². The van der Waals surface area contributed by atoms with Gasteiger partial charge in [-0.05, 0) is 33.4 Å². The summed E-state index contributed by atoms with van der Waals surface area (Å²) >= 11 is 0. The van der Waals surface area contributed by atoms with E-state index in [-0.39, 0.29) is 22.9 Å². The third-order valence-electron chi connectivity index (χ3n) is 5.50. The van der Waals surface area contributed by atoms with Gasteiger partial charge < -0.3 is 19.7 Å². The predicted molar refractivity (Wildman–Crippen MR) is 99.6 cm³/mol. The van der Waals surface area contributed by atoms with Crippen LogP contribution in [0.15, 0.2) is 15.7 Å². The molecule has 148 valence electrons. The Morgan fingerprint density at radius 1 is 1.19 bits per heavy atom. The van der Waals surface area contributed by atoms with Gasteiger partial charge >= 0.3 is 5.69 Å². The number of likely N-dealkylation sites (tertiary alicyclic amines) is 2. The quantitative estimate of drug-likeness (QED) is 0.733. The number of hydrogen-bond acceptors (Lipinski definition) is 5. The summed E-state index contributed by atoms with van der Waals surface area (Å²) in [6, 6.07) is 1.12. The van der Waals surface area contributed by atoms with Crippen LogP contribution >= 0.6 is 0 Å². The van der Waals surface area contributed by atoms with E-state index in [0.717, 1.165) is 31.9 Å². The number of aromatic nitrogens is 2. The third-order valence-corrected chi connectivity index (χ3v) is 5.50. The Balaban J connectivity index is 1.74. The molecule has 0 aromatic carbocycles. The number of amides is 2. The van der Waals surface area contributed by atoms with Crippen LogP contribution in [0.2, 0.25) is 0 Å². The number of H-pyrrole nitrogens is 2. The van der Waals surface area contributed by atoms with Gasteiger partial charge in [-0.1, -0.05) is 0 Å². The highest BCUT2D eigenvalue weighted by Gasteiger charge is 2.42. The van der Waals surface area contributed by atoms with Gasteiger partial charge in [-0.15, -0.1) is 0 Å². The number of carbonyl (C=O) groups is 2. The molecule has 9 nitrogen and oxygen atoms in total. The molecule has 27 heavy (non-hydrogen) atoms. The van der Waals surface area contributed by atoms with Crippen molar-refractivity contribution in [2.24, 2.45) is 5.41 Å². The number of hydrogen-bond donors (Lipinski definition) is 2. The minimum Gasteiger partial charge on any atom is -0.341 e. The third kappa shape index (κ3) is 4.47. The smallest absolute Gasteiger partial charge is 0.326 e. The first-order chi connectivity index (χ1) is 12.8. The topological polar surface area (TPSA) is 110 Å². The zero-order valence-electron chi connectivity index (χ0n) is 15.9. The first kappa shape index (κ1) is 19.3. The number of piperidine rings is 2. The van der Waals surface area contributed by atoms with Gasteiger partial charge in [0.25, 0.3) is 11.5 Å². The Hall–Kier alpha value is -2.42. The first-order valence-corrected chi connectivity index (χ1v) is 9.33. The summed E-state index contributed by atoms with van der Waals surface area (Å²) < 4.78 is 0. The van der Waals surface area contributed by atoms with Crippen LogP contribution in [-0.2, 0) is 4.79 Å². The Bertz CT molecular complexity index is 801. The summed E-state index contributed by atoms with van der Waals surface area (Å²) in [7, 11) is 3.96. The first-order valence-electron chi connectivity index (χ1n) is 9.33. The van der Waals surface area contributed by atoms with Crippen LogP contribution in [-0.4, -0.2) is 83.3 Å². The largest absolute Gasteiger partial charge is 0.341 e. The van der Waals surface area contributed by atoms with Crippen molar-refractivity contribution in [2.45, 2.75) is 25.7 Å². The molecule has 0 saturated carbocycles. The Kier molecular flexibility index (Phi) is 5.50. The van der Waals surface area contributed by atoms with Crippen molar-refractivity contribution in [1.29, 1.82) is 0 Å². The van der Waals surface area contributed by atoms with Gasteiger partial charge in [-0.2, -0.15) is 0 Å². The van der Waals surface area contributed by atoms with Crippen molar-refractivity contribution in [2.75, 3.05) is 46.8 Å². The Morgan fingerprint density at radius 3 is 2.67 bits per heavy atom. The zero-order valence-corrected chi connectivity index (χ0v) is 15.9. The van der Waals surface area contributed by atoms with Crippen LogP contribution in [0.1, 0.15) is 36.2 Å². The van der Waals surface area contributed by atoms with Crippen LogP contribution < -0.4 is 11.2 Å². The predicted octanol–water partition coefficient (Wildman–Crippen LogP) is -0.530. The van der Waals surface area contributed by atoms with E-state index in [1.54, 1.807) is 4.90 Å². The molecule has 2 aliphatic rings. The van der Waals surface area contributed by atoms with Crippen LogP contribution in [0.5, 0.6) is 0 Å². The average Bonchev–Trinajstić information content (AvgIpc) is 2.61. The maximum absolute atomic E-state index is 12.8. The van der Waals surface area contributed by atoms with E-state index in [9.17, 15) is 19.2 Å². The molecular weight excluding hydrogens is 350 g/mol. The van der Waals surface area contributed by atoms with E-state index in [0.29, 0.717) is 32.6 Å². The average molecular weight is 377 g/mol. The summed E-state index contributed by atoms with van der Waals surface area (Å²) in [5.41, 5.74) is -1.38. The molecule has 0 bridgehead atoms. The molecule has 0 unspecified atom stereocenters. The number of aromatic amines is 2. The summed E-state index contributed by atoms with van der Waals surface area (Å²) in [5, 5.41) is 0. The molecule has 2 aliphatic heterocycles. The molecule has 9 heteroatoms. The molecule has 0 radical (unpaired) electrons. The minimum atomic E-state index is -0.685. The van der Waals surface area contributed by atoms with Crippen LogP contribution in [0.25, 0.3) is 0 Å². The maximum Gasteiger partial charge on any atom is 0.326 e. The number of nitrogens with zero attached hydrogens (tertiary/aromatic N) is 3. The zero-order chi connectivity index (χ0) is 19.6. The lowest BCUT2D eigenvalue weighted by molar-refractivity contribution is -0.139. The normalized spacial score (nSPS) is 23.3. The molecule has 0 aliphatic carbocycles. The fourth-order valence-electron chi connectivity index (χ4n) is 4.10. The van der Waals surface area contributed by atoms with E-state index in [4.69, 9.17) is 0 Å². The molecule has 1 atom stereocenters. The highest BCUT2D eigenvalue weighted by atomic mass is 16.2. The molecule has 2 saturated heterocycles. The van der Waals surface area contributed by atoms with E-state index in [1.807, 2.05) is 19.0 Å². The van der Waals surface area contributed by atoms with E-state index >= 15 is 0 Å². The molecule has 2 amide bonds. The van der Waals surface area contributed by atoms with Gasteiger partial charge in [0, 0.05) is 50.6 Å². The van der Waals surface area contributed by atoms with E-state index < -0.39 is 11.2 Å². The molecule has 3 rings (SSSR count). The standard InChI is InChI=1S/C18H27N5O4/c1-21(2)8-9-22-11-18(6-4-15(22)25)5-3-7-23(12-18)16(26)13-10-14(24)20-17(27)19-13/h10H,3-9,11-12H2,1-2H3,(H2,19,20,24,27)/t18-/m1/s1. The second kappa shape index (κ2) is 7.67. The fourth-order valence-corrected chi connectivity index (χ4v) is 4.10. The van der Waals surface area contributed by atoms with Gasteiger partial charge in [0.15, 0.2) is 0 Å². The summed E-state index contributed by atoms with van der Waals surface area (Å²) in [4.78, 5) is 58.2. The molecule has 3 heterocycles. The highest BCUT2D eigenvalue weighted by Crippen LogP contribution is 2.39. The summed E-state index contributed by atoms with van der Waals surface area (Å²) in [6.07, 6.45) is 3.07. The van der Waals surface area contributed by atoms with Gasteiger partial charge in [0.1, 0.15) is 5.69 Å². The van der Waals surface area contributed by atoms with E-state index in [2.05, 4.69) is 14.9 Å². The van der Waals surface area contributed by atoms with Crippen LogP contribution in [0.3, 0.4) is 0 Å². The lowest BCUT2D eigenvalue weighted by Gasteiger charge is -2.48. The van der Waals surface area contributed by atoms with Crippen LogP contribution in [0, 0.1) is 5.41 Å². The van der Waals surface area contributed by atoms with Gasteiger partial charge in [0.2, 0.25) is 5.91 Å². The number of rotatable bonds is 4. The van der Waals surface area contributed by atoms with Crippen LogP contribution in [0.4, 0.5) is 0 Å². The van der Waals surface area contributed by atoms with Gasteiger partial charge in [0.05, 0.1) is 0 Å². The maximum atomic E-state index is 12.8. The van der Waals surface area contributed by atoms with Crippen molar-refractivity contribution in [3.63, 3.8) is 0 Å².